The van der Waals surface area contributed by atoms with Crippen molar-refractivity contribution in [1.82, 2.24) is 9.55 Å². The van der Waals surface area contributed by atoms with Gasteiger partial charge in [-0.3, -0.25) is 9.36 Å². The normalized spacial score (nSPS) is 10.7. The Balaban J connectivity index is 1.80. The Bertz CT molecular complexity index is 953. The monoisotopic (exact) mass is 410 g/mol. The van der Waals surface area contributed by atoms with E-state index in [0.29, 0.717) is 20.1 Å². The topological polar surface area (TPSA) is 61.2 Å². The van der Waals surface area contributed by atoms with Gasteiger partial charge in [-0.05, 0) is 42.7 Å². The van der Waals surface area contributed by atoms with E-state index in [0.717, 1.165) is 11.3 Å². The molecule has 2 aromatic heterocycles. The molecule has 0 aliphatic heterocycles. The van der Waals surface area contributed by atoms with Crippen molar-refractivity contribution in [3.05, 3.63) is 63.3 Å². The highest BCUT2D eigenvalue weighted by Crippen LogP contribution is 2.24. The van der Waals surface area contributed by atoms with E-state index in [2.05, 4.69) is 4.98 Å². The second kappa shape index (κ2) is 8.03. The maximum Gasteiger partial charge on any atom is 0.357 e. The molecule has 0 saturated heterocycles. The molecule has 1 aromatic carbocycles. The zero-order chi connectivity index (χ0) is 18.7. The number of nitrogens with zero attached hydrogens (tertiary/aromatic N) is 2. The van der Waals surface area contributed by atoms with Gasteiger partial charge in [-0.25, -0.2) is 14.2 Å². The summed E-state index contributed by atoms with van der Waals surface area (Å²) in [5, 5.41) is 0.542. The van der Waals surface area contributed by atoms with Gasteiger partial charge >= 0.3 is 5.97 Å². The highest BCUT2D eigenvalue weighted by molar-refractivity contribution is 7.98. The number of thioether (sulfide) groups is 1. The van der Waals surface area contributed by atoms with Crippen LogP contribution in [-0.2, 0) is 4.74 Å². The van der Waals surface area contributed by atoms with Crippen LogP contribution in [0.5, 0.6) is 0 Å². The van der Waals surface area contributed by atoms with Crippen LogP contribution in [0, 0.1) is 5.82 Å². The first kappa shape index (κ1) is 18.6. The van der Waals surface area contributed by atoms with Crippen LogP contribution in [0.1, 0.15) is 20.2 Å². The number of ketones is 1. The van der Waals surface area contributed by atoms with Gasteiger partial charge in [0, 0.05) is 5.69 Å². The van der Waals surface area contributed by atoms with Crippen molar-refractivity contribution in [2.45, 2.75) is 5.16 Å². The Morgan fingerprint density at radius 1 is 1.27 bits per heavy atom. The van der Waals surface area contributed by atoms with Crippen LogP contribution in [0.4, 0.5) is 4.39 Å². The number of hydrogen-bond donors (Lipinski definition) is 0. The van der Waals surface area contributed by atoms with Crippen LogP contribution in [0.3, 0.4) is 0 Å². The van der Waals surface area contributed by atoms with Crippen LogP contribution < -0.4 is 0 Å². The molecule has 0 bridgehead atoms. The first-order valence-corrected chi connectivity index (χ1v) is 9.75. The largest absolute Gasteiger partial charge is 0.453 e. The van der Waals surface area contributed by atoms with E-state index in [1.165, 1.54) is 42.2 Å². The molecule has 0 saturated carbocycles. The van der Waals surface area contributed by atoms with E-state index in [9.17, 15) is 14.0 Å². The predicted molar refractivity (Wildman–Crippen MR) is 99.2 cm³/mol. The molecule has 0 aliphatic carbocycles. The lowest BCUT2D eigenvalue weighted by Gasteiger charge is -2.10. The third-order valence-corrected chi connectivity index (χ3v) is 5.31. The highest BCUT2D eigenvalue weighted by atomic mass is 35.5. The summed E-state index contributed by atoms with van der Waals surface area (Å²) in [6, 6.07) is 8.84. The van der Waals surface area contributed by atoms with Gasteiger partial charge in [0.15, 0.2) is 17.5 Å². The van der Waals surface area contributed by atoms with Crippen molar-refractivity contribution in [3.63, 3.8) is 0 Å². The molecule has 0 fully saturated rings. The van der Waals surface area contributed by atoms with Crippen molar-refractivity contribution in [3.8, 4) is 5.69 Å². The van der Waals surface area contributed by atoms with Gasteiger partial charge in [0.2, 0.25) is 5.78 Å². The molecule has 5 nitrogen and oxygen atoms in total. The van der Waals surface area contributed by atoms with Crippen LogP contribution >= 0.6 is 34.7 Å². The van der Waals surface area contributed by atoms with E-state index in [1.54, 1.807) is 16.7 Å². The minimum absolute atomic E-state index is 0.151. The number of Topliss-reactive ketones (excluding diaryl/α,β-unsaturated/α-hetero) is 1. The Labute approximate surface area is 161 Å². The first-order chi connectivity index (χ1) is 12.5. The molecule has 0 aliphatic rings. The van der Waals surface area contributed by atoms with Crippen molar-refractivity contribution >= 4 is 46.5 Å². The maximum absolute atomic E-state index is 13.2. The van der Waals surface area contributed by atoms with Crippen molar-refractivity contribution in [2.24, 2.45) is 0 Å². The molecule has 0 radical (unpaired) electrons. The molecule has 0 N–H and O–H groups in total. The number of benzene rings is 1. The summed E-state index contributed by atoms with van der Waals surface area (Å²) in [7, 11) is 0. The average molecular weight is 411 g/mol. The number of hydrogen-bond acceptors (Lipinski definition) is 6. The van der Waals surface area contributed by atoms with Gasteiger partial charge < -0.3 is 4.74 Å². The average Bonchev–Trinajstić information content (AvgIpc) is 3.26. The molecule has 0 amide bonds. The molecule has 134 valence electrons. The lowest BCUT2D eigenvalue weighted by Crippen LogP contribution is -2.16. The van der Waals surface area contributed by atoms with E-state index in [1.807, 2.05) is 6.26 Å². The Kier molecular flexibility index (Phi) is 5.75. The number of ether oxygens (including phenoxy) is 1. The zero-order valence-corrected chi connectivity index (χ0v) is 15.8. The van der Waals surface area contributed by atoms with Gasteiger partial charge in [-0.2, -0.15) is 0 Å². The molecule has 9 heteroatoms. The minimum atomic E-state index is -0.696. The standard InChI is InChI=1S/C17H12ClFN2O3S2/c1-25-17-20-8-12(21(17)11-4-2-10(19)3-5-11)16(23)24-9-13(22)14-6-7-15(18)26-14/h2-8H,9H2,1H3. The lowest BCUT2D eigenvalue weighted by molar-refractivity contribution is 0.0467. The van der Waals surface area contributed by atoms with Gasteiger partial charge in [-0.15, -0.1) is 11.3 Å². The smallest absolute Gasteiger partial charge is 0.357 e. The van der Waals surface area contributed by atoms with Crippen LogP contribution in [0.15, 0.2) is 47.8 Å². The minimum Gasteiger partial charge on any atom is -0.453 e. The van der Waals surface area contributed by atoms with Crippen molar-refractivity contribution in [2.75, 3.05) is 12.9 Å². The Morgan fingerprint density at radius 2 is 2.00 bits per heavy atom. The fraction of sp³-hybridized carbons (Fsp3) is 0.118. The quantitative estimate of drug-likeness (QED) is 0.340. The molecule has 0 atom stereocenters. The zero-order valence-electron chi connectivity index (χ0n) is 13.4. The number of rotatable bonds is 6. The molecular formula is C17H12ClFN2O3S2. The van der Waals surface area contributed by atoms with Gasteiger partial charge in [0.1, 0.15) is 5.82 Å². The van der Waals surface area contributed by atoms with Crippen molar-refractivity contribution < 1.29 is 18.7 Å². The molecule has 0 spiro atoms. The van der Waals surface area contributed by atoms with Gasteiger partial charge in [0.25, 0.3) is 0 Å². The number of carbonyl (C=O) groups excluding carboxylic acids is 2. The third-order valence-electron chi connectivity index (χ3n) is 3.39. The first-order valence-electron chi connectivity index (χ1n) is 7.33. The highest BCUT2D eigenvalue weighted by Gasteiger charge is 2.20. The van der Waals surface area contributed by atoms with Crippen molar-refractivity contribution in [1.29, 1.82) is 0 Å². The molecule has 26 heavy (non-hydrogen) atoms. The van der Waals surface area contributed by atoms with E-state index in [-0.39, 0.29) is 17.3 Å². The number of aromatic nitrogens is 2. The van der Waals surface area contributed by atoms with Crippen LogP contribution in [0.25, 0.3) is 5.69 Å². The van der Waals surface area contributed by atoms with Crippen LogP contribution in [-0.4, -0.2) is 34.2 Å². The van der Waals surface area contributed by atoms with E-state index < -0.39 is 12.6 Å². The summed E-state index contributed by atoms with van der Waals surface area (Å²) in [4.78, 5) is 29.1. The SMILES string of the molecule is CSc1ncc(C(=O)OCC(=O)c2ccc(Cl)s2)n1-c1ccc(F)cc1. The lowest BCUT2D eigenvalue weighted by atomic mass is 10.3. The number of thiophene rings is 1. The summed E-state index contributed by atoms with van der Waals surface area (Å²) in [5.74, 6) is -1.42. The summed E-state index contributed by atoms with van der Waals surface area (Å²) >= 11 is 8.25. The summed E-state index contributed by atoms with van der Waals surface area (Å²) in [5.41, 5.74) is 0.717. The second-order valence-electron chi connectivity index (χ2n) is 5.05. The van der Waals surface area contributed by atoms with Gasteiger partial charge in [-0.1, -0.05) is 23.4 Å². The fourth-order valence-corrected chi connectivity index (χ4v) is 3.71. The molecule has 3 rings (SSSR count). The maximum atomic E-state index is 13.2. The molecule has 3 aromatic rings. The Hall–Kier alpha value is -2.16. The Morgan fingerprint density at radius 3 is 2.62 bits per heavy atom. The number of carbonyl (C=O) groups is 2. The van der Waals surface area contributed by atoms with Crippen LogP contribution in [0.2, 0.25) is 4.34 Å². The van der Waals surface area contributed by atoms with E-state index in [4.69, 9.17) is 16.3 Å². The predicted octanol–water partition coefficient (Wildman–Crippen LogP) is 4.49. The second-order valence-corrected chi connectivity index (χ2v) is 7.53. The number of halogens is 2. The fourth-order valence-electron chi connectivity index (χ4n) is 2.20. The summed E-state index contributed by atoms with van der Waals surface area (Å²) in [6.45, 7) is -0.404. The van der Waals surface area contributed by atoms with E-state index >= 15 is 0 Å². The molecule has 0 unspecified atom stereocenters. The molecular weight excluding hydrogens is 399 g/mol. The summed E-state index contributed by atoms with van der Waals surface area (Å²) < 4.78 is 20.3. The summed E-state index contributed by atoms with van der Waals surface area (Å²) in [6.07, 6.45) is 3.17. The third kappa shape index (κ3) is 3.98. The number of esters is 1. The molecule has 2 heterocycles. The van der Waals surface area contributed by atoms with Gasteiger partial charge in [0.05, 0.1) is 15.4 Å². The number of imidazole rings is 1.